The summed E-state index contributed by atoms with van der Waals surface area (Å²) in [6, 6.07) is -0.918. The van der Waals surface area contributed by atoms with E-state index in [1.165, 1.54) is 161 Å². The molecule has 0 aromatic carbocycles. The maximum absolute atomic E-state index is 13.0. The minimum absolute atomic E-state index is 0.0136. The normalized spacial score (nSPS) is 14.5. The highest BCUT2D eigenvalue weighted by atomic mass is 31.2. The molecule has 3 atom stereocenters. The number of phosphoric acid groups is 1. The van der Waals surface area contributed by atoms with E-state index < -0.39 is 26.6 Å². The van der Waals surface area contributed by atoms with E-state index in [-0.39, 0.29) is 12.5 Å². The van der Waals surface area contributed by atoms with Crippen LogP contribution in [0.15, 0.2) is 134 Å². The predicted octanol–water partition coefficient (Wildman–Crippen LogP) is 22.0. The van der Waals surface area contributed by atoms with Gasteiger partial charge in [0.25, 0.3) is 7.82 Å². The molecule has 8 nitrogen and oxygen atoms in total. The highest BCUT2D eigenvalue weighted by Gasteiger charge is 2.23. The summed E-state index contributed by atoms with van der Waals surface area (Å²) in [5.41, 5.74) is 0. The van der Waals surface area contributed by atoms with Gasteiger partial charge < -0.3 is 28.8 Å². The molecule has 488 valence electrons. The number of aliphatic hydroxyl groups is 1. The summed E-state index contributed by atoms with van der Waals surface area (Å²) < 4.78 is 23.4. The molecular weight excluding hydrogens is 1070 g/mol. The molecule has 0 aliphatic rings. The Morgan fingerprint density at radius 1 is 0.424 bits per heavy atom. The Labute approximate surface area is 526 Å². The fourth-order valence-corrected chi connectivity index (χ4v) is 10.4. The molecule has 0 bridgehead atoms. The van der Waals surface area contributed by atoms with Crippen molar-refractivity contribution in [3.63, 3.8) is 0 Å². The molecule has 1 amide bonds. The molecule has 9 heteroatoms. The number of quaternary nitrogens is 1. The second-order valence-corrected chi connectivity index (χ2v) is 25.9. The molecular formula is C76H133N2O6P. The molecule has 0 radical (unpaired) electrons. The molecule has 0 aromatic rings. The molecule has 0 aromatic heterocycles. The summed E-state index contributed by atoms with van der Waals surface area (Å²) in [4.78, 5) is 25.6. The number of hydrogen-bond acceptors (Lipinski definition) is 6. The summed E-state index contributed by atoms with van der Waals surface area (Å²) >= 11 is 0. The monoisotopic (exact) mass is 1200 g/mol. The van der Waals surface area contributed by atoms with Crippen molar-refractivity contribution in [1.82, 2.24) is 5.32 Å². The fraction of sp³-hybridized carbons (Fsp3) is 0.697. The summed E-state index contributed by atoms with van der Waals surface area (Å²) in [5, 5.41) is 13.9. The minimum Gasteiger partial charge on any atom is -0.756 e. The zero-order valence-electron chi connectivity index (χ0n) is 55.8. The summed E-state index contributed by atoms with van der Waals surface area (Å²) in [6.07, 6.45) is 98.5. The van der Waals surface area contributed by atoms with Crippen molar-refractivity contribution < 1.29 is 32.9 Å². The molecule has 0 aliphatic carbocycles. The number of carbonyl (C=O) groups is 1. The number of allylic oxidation sites excluding steroid dienone is 21. The molecule has 3 unspecified atom stereocenters. The lowest BCUT2D eigenvalue weighted by Gasteiger charge is -2.29. The van der Waals surface area contributed by atoms with Gasteiger partial charge in [0.1, 0.15) is 13.2 Å². The van der Waals surface area contributed by atoms with Crippen molar-refractivity contribution in [1.29, 1.82) is 0 Å². The van der Waals surface area contributed by atoms with E-state index in [4.69, 9.17) is 9.05 Å². The number of nitrogens with zero attached hydrogens (tertiary/aromatic N) is 1. The number of likely N-dealkylation sites (N-methyl/N-ethyl adjacent to an activating group) is 1. The van der Waals surface area contributed by atoms with Crippen molar-refractivity contribution >= 4 is 13.7 Å². The Morgan fingerprint density at radius 3 is 1.09 bits per heavy atom. The van der Waals surface area contributed by atoms with Gasteiger partial charge in [-0.05, 0) is 103 Å². The second kappa shape index (κ2) is 65.1. The summed E-state index contributed by atoms with van der Waals surface area (Å²) in [6.45, 7) is 4.52. The van der Waals surface area contributed by atoms with Crippen molar-refractivity contribution in [2.75, 3.05) is 40.9 Å². The third kappa shape index (κ3) is 68.0. The van der Waals surface area contributed by atoms with E-state index in [0.717, 1.165) is 109 Å². The van der Waals surface area contributed by atoms with Crippen LogP contribution in [0.3, 0.4) is 0 Å². The van der Waals surface area contributed by atoms with Crippen molar-refractivity contribution in [3.8, 4) is 0 Å². The van der Waals surface area contributed by atoms with Crippen LogP contribution in [-0.4, -0.2) is 68.5 Å². The van der Waals surface area contributed by atoms with E-state index in [2.05, 4.69) is 141 Å². The molecule has 2 N–H and O–H groups in total. The number of amides is 1. The van der Waals surface area contributed by atoms with Crippen molar-refractivity contribution in [2.24, 2.45) is 0 Å². The van der Waals surface area contributed by atoms with Crippen LogP contribution < -0.4 is 10.2 Å². The lowest BCUT2D eigenvalue weighted by molar-refractivity contribution is -0.870. The first-order valence-corrected chi connectivity index (χ1v) is 36.5. The van der Waals surface area contributed by atoms with Gasteiger partial charge in [-0.25, -0.2) is 0 Å². The molecule has 0 spiro atoms. The summed E-state index contributed by atoms with van der Waals surface area (Å²) in [5.74, 6) is -0.216. The lowest BCUT2D eigenvalue weighted by Crippen LogP contribution is -2.45. The van der Waals surface area contributed by atoms with Crippen molar-refractivity contribution in [3.05, 3.63) is 134 Å². The van der Waals surface area contributed by atoms with Crippen LogP contribution in [0.25, 0.3) is 0 Å². The number of nitrogens with one attached hydrogen (secondary N) is 1. The molecule has 0 heterocycles. The quantitative estimate of drug-likeness (QED) is 0.0272. The Kier molecular flexibility index (Phi) is 62.5. The smallest absolute Gasteiger partial charge is 0.268 e. The topological polar surface area (TPSA) is 108 Å². The number of aliphatic hydroxyl groups excluding tert-OH is 1. The fourth-order valence-electron chi connectivity index (χ4n) is 9.69. The van der Waals surface area contributed by atoms with Gasteiger partial charge in [0.2, 0.25) is 5.91 Å². The number of hydrogen-bond donors (Lipinski definition) is 2. The van der Waals surface area contributed by atoms with Crippen molar-refractivity contribution in [2.45, 2.75) is 302 Å². The average Bonchev–Trinajstić information content (AvgIpc) is 3.49. The Bertz CT molecular complexity index is 1850. The number of rotatable bonds is 63. The maximum atomic E-state index is 13.0. The van der Waals surface area contributed by atoms with Gasteiger partial charge in [0, 0.05) is 6.42 Å². The molecule has 85 heavy (non-hydrogen) atoms. The van der Waals surface area contributed by atoms with Crippen LogP contribution in [-0.2, 0) is 18.4 Å². The Morgan fingerprint density at radius 2 is 0.729 bits per heavy atom. The minimum atomic E-state index is -4.62. The predicted molar refractivity (Wildman–Crippen MR) is 371 cm³/mol. The Hall–Kier alpha value is -3.36. The molecule has 0 fully saturated rings. The van der Waals surface area contributed by atoms with Crippen LogP contribution in [0, 0.1) is 0 Å². The zero-order chi connectivity index (χ0) is 61.9. The van der Waals surface area contributed by atoms with Gasteiger partial charge in [0.05, 0.1) is 39.9 Å². The third-order valence-electron chi connectivity index (χ3n) is 15.1. The first-order valence-electron chi connectivity index (χ1n) is 35.0. The van der Waals surface area contributed by atoms with E-state index in [1.54, 1.807) is 6.08 Å². The van der Waals surface area contributed by atoms with Gasteiger partial charge in [-0.1, -0.05) is 314 Å². The van der Waals surface area contributed by atoms with Gasteiger partial charge in [0.15, 0.2) is 0 Å². The molecule has 0 saturated heterocycles. The first-order chi connectivity index (χ1) is 41.5. The third-order valence-corrected chi connectivity index (χ3v) is 16.1. The number of unbranched alkanes of at least 4 members (excludes halogenated alkanes) is 30. The van der Waals surface area contributed by atoms with Crippen LogP contribution in [0.5, 0.6) is 0 Å². The second-order valence-electron chi connectivity index (χ2n) is 24.5. The van der Waals surface area contributed by atoms with Crippen LogP contribution in [0.4, 0.5) is 0 Å². The molecule has 0 aliphatic heterocycles. The standard InChI is InChI=1S/C76H133N2O6P/c1-6-8-10-12-14-16-18-20-22-24-26-28-30-32-34-35-36-37-38-39-40-41-42-43-44-46-48-50-52-54-56-58-60-62-64-66-68-70-76(80)77-74(73-84-85(81,82)83-72-71-78(3,4)5)75(79)69-67-65-63-61-59-57-55-53-51-49-47-45-33-31-29-27-25-23-21-19-17-15-13-11-9-7-2/h8,10,14,16,20,22,26,28,32,34,36-37,39-40,42-43,46,48,59,61,67,69,74-75,79H,6-7,9,11-13,15,17-19,21,23-25,27,29-31,33,35,38,41,44-45,47,49-58,60,62-66,68,70-73H2,1-5H3,(H-,77,80,81,82)/b10-8-,16-14-,22-20-,28-26-,34-32-,37-36-,40-39-,43-42-,48-46-,61-59+,69-67+. The Balaban J connectivity index is 4.18. The number of phosphoric ester groups is 1. The lowest BCUT2D eigenvalue weighted by atomic mass is 10.0. The van der Waals surface area contributed by atoms with Crippen LogP contribution in [0.1, 0.15) is 290 Å². The number of carbonyl (C=O) groups excluding carboxylic acids is 1. The van der Waals surface area contributed by atoms with E-state index in [0.29, 0.717) is 17.4 Å². The van der Waals surface area contributed by atoms with E-state index in [9.17, 15) is 19.4 Å². The average molecular weight is 1200 g/mol. The van der Waals surface area contributed by atoms with Gasteiger partial charge in [-0.15, -0.1) is 0 Å². The summed E-state index contributed by atoms with van der Waals surface area (Å²) in [7, 11) is 1.23. The van der Waals surface area contributed by atoms with Gasteiger partial charge >= 0.3 is 0 Å². The largest absolute Gasteiger partial charge is 0.756 e. The van der Waals surface area contributed by atoms with E-state index in [1.807, 2.05) is 27.2 Å². The SMILES string of the molecule is CC/C=C\C/C=C\C/C=C\C/C=C\C/C=C\C/C=C\C/C=C\C/C=C\C/C=C\CCCCCCCCCCCC(=O)NC(COP(=O)([O-])OCC[N+](C)(C)C)C(O)/C=C/CC/C=C/CCCCCCCCCCCCCCCCCCCCCC. The maximum Gasteiger partial charge on any atom is 0.268 e. The van der Waals surface area contributed by atoms with Gasteiger partial charge in [-0.3, -0.25) is 9.36 Å². The molecule has 0 saturated carbocycles. The molecule has 0 rings (SSSR count). The van der Waals surface area contributed by atoms with Gasteiger partial charge in [-0.2, -0.15) is 0 Å². The first kappa shape index (κ1) is 81.6. The highest BCUT2D eigenvalue weighted by molar-refractivity contribution is 7.45. The zero-order valence-corrected chi connectivity index (χ0v) is 56.7. The highest BCUT2D eigenvalue weighted by Crippen LogP contribution is 2.38. The van der Waals surface area contributed by atoms with Crippen LogP contribution in [0.2, 0.25) is 0 Å². The van der Waals surface area contributed by atoms with E-state index >= 15 is 0 Å². The van der Waals surface area contributed by atoms with Crippen LogP contribution >= 0.6 is 7.82 Å².